The van der Waals surface area contributed by atoms with E-state index in [2.05, 4.69) is 9.97 Å². The number of anilines is 1. The molecule has 0 aliphatic rings. The Morgan fingerprint density at radius 3 is 2.65 bits per heavy atom. The van der Waals surface area contributed by atoms with Crippen molar-refractivity contribution < 1.29 is 8.78 Å². The van der Waals surface area contributed by atoms with Crippen molar-refractivity contribution in [3.63, 3.8) is 0 Å². The molecule has 0 saturated heterocycles. The lowest BCUT2D eigenvalue weighted by Gasteiger charge is -2.01. The first-order valence-corrected chi connectivity index (χ1v) is 6.65. The average Bonchev–Trinajstić information content (AvgIpc) is 2.92. The molecule has 0 radical (unpaired) electrons. The summed E-state index contributed by atoms with van der Waals surface area (Å²) in [5.41, 5.74) is 6.97. The molecule has 2 heterocycles. The number of nitrogen functional groups attached to an aromatic ring is 1. The summed E-state index contributed by atoms with van der Waals surface area (Å²) in [5.74, 6) is -1.44. The third kappa shape index (κ3) is 2.14. The minimum Gasteiger partial charge on any atom is -0.383 e. The fourth-order valence-corrected chi connectivity index (χ4v) is 2.67. The molecule has 20 heavy (non-hydrogen) atoms. The van der Waals surface area contributed by atoms with Gasteiger partial charge in [-0.1, -0.05) is 6.07 Å². The largest absolute Gasteiger partial charge is 0.383 e. The highest BCUT2D eigenvalue weighted by Crippen LogP contribution is 2.32. The summed E-state index contributed by atoms with van der Waals surface area (Å²) in [6, 6.07) is 7.54. The number of thiazole rings is 1. The molecule has 2 aromatic heterocycles. The molecule has 0 bridgehead atoms. The molecule has 0 amide bonds. The highest BCUT2D eigenvalue weighted by atomic mass is 32.1. The summed E-state index contributed by atoms with van der Waals surface area (Å²) >= 11 is 1.31. The van der Waals surface area contributed by atoms with E-state index in [0.717, 1.165) is 6.07 Å². The van der Waals surface area contributed by atoms with E-state index in [4.69, 9.17) is 5.73 Å². The maximum absolute atomic E-state index is 13.7. The quantitative estimate of drug-likeness (QED) is 0.782. The van der Waals surface area contributed by atoms with E-state index >= 15 is 0 Å². The van der Waals surface area contributed by atoms with Crippen LogP contribution in [0, 0.1) is 11.6 Å². The molecule has 3 aromatic rings. The van der Waals surface area contributed by atoms with Gasteiger partial charge in [0.05, 0.1) is 11.3 Å². The van der Waals surface area contributed by atoms with Crippen LogP contribution in [0.1, 0.15) is 0 Å². The minimum absolute atomic E-state index is 0.134. The van der Waals surface area contributed by atoms with Gasteiger partial charge in [0.25, 0.3) is 0 Å². The van der Waals surface area contributed by atoms with Crippen molar-refractivity contribution in [2.45, 2.75) is 0 Å². The van der Waals surface area contributed by atoms with Gasteiger partial charge < -0.3 is 5.73 Å². The molecule has 3 nitrogen and oxygen atoms in total. The van der Waals surface area contributed by atoms with Crippen molar-refractivity contribution in [3.05, 3.63) is 53.5 Å². The van der Waals surface area contributed by atoms with E-state index in [1.165, 1.54) is 23.5 Å². The maximum atomic E-state index is 13.7. The van der Waals surface area contributed by atoms with Crippen LogP contribution in [0.25, 0.3) is 21.8 Å². The molecular weight excluding hydrogens is 280 g/mol. The number of benzene rings is 1. The van der Waals surface area contributed by atoms with Crippen molar-refractivity contribution in [2.24, 2.45) is 0 Å². The summed E-state index contributed by atoms with van der Waals surface area (Å²) in [7, 11) is 0. The fourth-order valence-electron chi connectivity index (χ4n) is 1.82. The predicted molar refractivity (Wildman–Crippen MR) is 75.1 cm³/mol. The van der Waals surface area contributed by atoms with Crippen LogP contribution in [0.5, 0.6) is 0 Å². The number of halogens is 2. The highest BCUT2D eigenvalue weighted by molar-refractivity contribution is 7.13. The smallest absolute Gasteiger partial charge is 0.168 e. The Morgan fingerprint density at radius 2 is 1.85 bits per heavy atom. The molecule has 0 spiro atoms. The van der Waals surface area contributed by atoms with E-state index in [9.17, 15) is 8.78 Å². The van der Waals surface area contributed by atoms with Gasteiger partial charge in [-0.15, -0.1) is 11.3 Å². The summed E-state index contributed by atoms with van der Waals surface area (Å²) < 4.78 is 27.0. The second-order valence-corrected chi connectivity index (χ2v) is 4.93. The maximum Gasteiger partial charge on any atom is 0.168 e. The van der Waals surface area contributed by atoms with Crippen LogP contribution in [0.4, 0.5) is 14.6 Å². The number of hydrogen-bond donors (Lipinski definition) is 1. The van der Waals surface area contributed by atoms with E-state index in [-0.39, 0.29) is 5.56 Å². The van der Waals surface area contributed by atoms with Gasteiger partial charge in [0.1, 0.15) is 10.8 Å². The third-order valence-electron chi connectivity index (χ3n) is 2.80. The highest BCUT2D eigenvalue weighted by Gasteiger charge is 2.14. The van der Waals surface area contributed by atoms with E-state index in [1.807, 2.05) is 0 Å². The van der Waals surface area contributed by atoms with Crippen molar-refractivity contribution in [1.82, 2.24) is 9.97 Å². The molecule has 2 N–H and O–H groups in total. The number of nitrogens with zero attached hydrogens (tertiary/aromatic N) is 2. The molecule has 100 valence electrons. The molecule has 1 aromatic carbocycles. The van der Waals surface area contributed by atoms with E-state index in [0.29, 0.717) is 22.1 Å². The lowest BCUT2D eigenvalue weighted by molar-refractivity contribution is 0.511. The summed E-state index contributed by atoms with van der Waals surface area (Å²) in [6.45, 7) is 0. The first-order chi connectivity index (χ1) is 9.66. The van der Waals surface area contributed by atoms with Gasteiger partial charge in [0.15, 0.2) is 11.6 Å². The minimum atomic E-state index is -0.900. The standard InChI is InChI=1S/C14H9F2N3S/c15-10-5-1-3-8(12(10)16)11-7-20-14(19-11)9-4-2-6-18-13(9)17/h1-7H,(H2,17,18). The summed E-state index contributed by atoms with van der Waals surface area (Å²) in [4.78, 5) is 8.28. The molecule has 0 aliphatic carbocycles. The fraction of sp³-hybridized carbons (Fsp3) is 0. The zero-order valence-corrected chi connectivity index (χ0v) is 11.0. The van der Waals surface area contributed by atoms with Crippen molar-refractivity contribution in [1.29, 1.82) is 0 Å². The van der Waals surface area contributed by atoms with Crippen LogP contribution >= 0.6 is 11.3 Å². The number of pyridine rings is 1. The number of aromatic nitrogens is 2. The normalized spacial score (nSPS) is 10.7. The molecule has 0 fully saturated rings. The SMILES string of the molecule is Nc1ncccc1-c1nc(-c2cccc(F)c2F)cs1. The lowest BCUT2D eigenvalue weighted by Crippen LogP contribution is -1.93. The Bertz CT molecular complexity index is 771. The number of nitrogens with two attached hydrogens (primary N) is 1. The second-order valence-electron chi connectivity index (χ2n) is 4.08. The van der Waals surface area contributed by atoms with Crippen LogP contribution < -0.4 is 5.73 Å². The van der Waals surface area contributed by atoms with Gasteiger partial charge >= 0.3 is 0 Å². The van der Waals surface area contributed by atoms with Crippen LogP contribution in [-0.2, 0) is 0 Å². The Kier molecular flexibility index (Phi) is 3.15. The van der Waals surface area contributed by atoms with Crippen molar-refractivity contribution in [3.8, 4) is 21.8 Å². The second kappa shape index (κ2) is 4.97. The van der Waals surface area contributed by atoms with Crippen molar-refractivity contribution >= 4 is 17.2 Å². The van der Waals surface area contributed by atoms with E-state index in [1.54, 1.807) is 23.7 Å². The Morgan fingerprint density at radius 1 is 1.05 bits per heavy atom. The van der Waals surface area contributed by atoms with Gasteiger partial charge in [-0.05, 0) is 24.3 Å². The molecule has 3 rings (SSSR count). The van der Waals surface area contributed by atoms with Crippen molar-refractivity contribution in [2.75, 3.05) is 5.73 Å². The first-order valence-electron chi connectivity index (χ1n) is 5.77. The van der Waals surface area contributed by atoms with Gasteiger partial charge in [-0.3, -0.25) is 0 Å². The van der Waals surface area contributed by atoms with Crippen LogP contribution in [0.2, 0.25) is 0 Å². The Labute approximate surface area is 117 Å². The lowest BCUT2D eigenvalue weighted by atomic mass is 10.1. The Balaban J connectivity index is 2.07. The first kappa shape index (κ1) is 12.7. The monoisotopic (exact) mass is 289 g/mol. The van der Waals surface area contributed by atoms with E-state index < -0.39 is 11.6 Å². The molecule has 0 unspecified atom stereocenters. The molecule has 6 heteroatoms. The Hall–Kier alpha value is -2.34. The molecule has 0 atom stereocenters. The third-order valence-corrected chi connectivity index (χ3v) is 3.68. The van der Waals surface area contributed by atoms with Crippen LogP contribution in [-0.4, -0.2) is 9.97 Å². The zero-order chi connectivity index (χ0) is 14.1. The zero-order valence-electron chi connectivity index (χ0n) is 10.2. The summed E-state index contributed by atoms with van der Waals surface area (Å²) in [5, 5.41) is 2.29. The van der Waals surface area contributed by atoms with Gasteiger partial charge in [-0.2, -0.15) is 0 Å². The van der Waals surface area contributed by atoms with Gasteiger partial charge in [-0.25, -0.2) is 18.7 Å². The van der Waals surface area contributed by atoms with Gasteiger partial charge in [0.2, 0.25) is 0 Å². The molecular formula is C14H9F2N3S. The van der Waals surface area contributed by atoms with Gasteiger partial charge in [0, 0.05) is 17.1 Å². The average molecular weight is 289 g/mol. The van der Waals surface area contributed by atoms with Crippen LogP contribution in [0.15, 0.2) is 41.9 Å². The number of hydrogen-bond acceptors (Lipinski definition) is 4. The summed E-state index contributed by atoms with van der Waals surface area (Å²) in [6.07, 6.45) is 1.58. The predicted octanol–water partition coefficient (Wildman–Crippen LogP) is 3.73. The molecule has 0 aliphatic heterocycles. The molecule has 0 saturated carbocycles. The number of rotatable bonds is 2. The topological polar surface area (TPSA) is 51.8 Å². The van der Waals surface area contributed by atoms with Crippen LogP contribution in [0.3, 0.4) is 0 Å².